The lowest BCUT2D eigenvalue weighted by atomic mass is 9.95. The molecule has 154 valence electrons. The van der Waals surface area contributed by atoms with Crippen molar-refractivity contribution in [2.45, 2.75) is 25.2 Å². The number of hydrogen-bond acceptors (Lipinski definition) is 3. The lowest BCUT2D eigenvalue weighted by molar-refractivity contribution is -0.137. The number of morpholine rings is 1. The maximum Gasteiger partial charge on any atom is 0.416 e. The van der Waals surface area contributed by atoms with Crippen LogP contribution in [-0.2, 0) is 23.9 Å². The van der Waals surface area contributed by atoms with Gasteiger partial charge in [-0.25, -0.2) is 4.39 Å². The zero-order chi connectivity index (χ0) is 20.6. The molecule has 8 heteroatoms. The fourth-order valence-corrected chi connectivity index (χ4v) is 3.86. The molecule has 4 rings (SSSR count). The number of hydrogen-bond donors (Lipinski definition) is 1. The standard InChI is InChI=1S/C21H20F4N2O2/c22-17-8-13(7-16(10-17)21(23,24)25)11-27-5-6-29-19(12-27)15-1-2-18-14(9-15)3-4-26-20(18)28/h1-2,7-10,19H,3-6,11-12H2,(H,26,28)/t19-/m1/s1. The molecular weight excluding hydrogens is 388 g/mol. The average molecular weight is 408 g/mol. The molecule has 0 saturated carbocycles. The molecule has 1 N–H and O–H groups in total. The number of alkyl halides is 3. The number of rotatable bonds is 3. The second-order valence-corrected chi connectivity index (χ2v) is 7.36. The maximum absolute atomic E-state index is 13.7. The van der Waals surface area contributed by atoms with Gasteiger partial charge in [-0.15, -0.1) is 0 Å². The summed E-state index contributed by atoms with van der Waals surface area (Å²) in [5, 5.41) is 2.80. The average Bonchev–Trinajstić information content (AvgIpc) is 2.67. The fraction of sp³-hybridized carbons (Fsp3) is 0.381. The number of carbonyl (C=O) groups is 1. The second-order valence-electron chi connectivity index (χ2n) is 7.36. The van der Waals surface area contributed by atoms with Gasteiger partial charge in [0.15, 0.2) is 0 Å². The highest BCUT2D eigenvalue weighted by atomic mass is 19.4. The van der Waals surface area contributed by atoms with E-state index in [0.29, 0.717) is 37.9 Å². The molecule has 2 aromatic carbocycles. The molecule has 0 aliphatic carbocycles. The first kappa shape index (κ1) is 19.8. The number of carbonyl (C=O) groups excluding carboxylic acids is 1. The molecule has 0 spiro atoms. The Bertz CT molecular complexity index is 929. The van der Waals surface area contributed by atoms with Crippen LogP contribution in [0.4, 0.5) is 17.6 Å². The molecule has 1 saturated heterocycles. The SMILES string of the molecule is O=C1NCCc2cc([C@H]3CN(Cc4cc(F)cc(C(F)(F)F)c4)CCO3)ccc21. The predicted octanol–water partition coefficient (Wildman–Crippen LogP) is 3.70. The van der Waals surface area contributed by atoms with Crippen molar-refractivity contribution in [2.24, 2.45) is 0 Å². The van der Waals surface area contributed by atoms with Gasteiger partial charge in [0.2, 0.25) is 0 Å². The highest BCUT2D eigenvalue weighted by Gasteiger charge is 2.32. The van der Waals surface area contributed by atoms with Crippen LogP contribution in [0.2, 0.25) is 0 Å². The van der Waals surface area contributed by atoms with Crippen LogP contribution in [0.25, 0.3) is 0 Å². The predicted molar refractivity (Wildman–Crippen MR) is 97.9 cm³/mol. The molecule has 1 atom stereocenters. The van der Waals surface area contributed by atoms with Crippen molar-refractivity contribution in [3.8, 4) is 0 Å². The Hall–Kier alpha value is -2.45. The molecule has 0 radical (unpaired) electrons. The fourth-order valence-electron chi connectivity index (χ4n) is 3.86. The van der Waals surface area contributed by atoms with Crippen LogP contribution < -0.4 is 5.32 Å². The Morgan fingerprint density at radius 1 is 1.17 bits per heavy atom. The molecule has 0 aromatic heterocycles. The summed E-state index contributed by atoms with van der Waals surface area (Å²) in [6.07, 6.45) is -4.09. The van der Waals surface area contributed by atoms with Crippen LogP contribution in [0.5, 0.6) is 0 Å². The monoisotopic (exact) mass is 408 g/mol. The van der Waals surface area contributed by atoms with E-state index < -0.39 is 17.6 Å². The summed E-state index contributed by atoms with van der Waals surface area (Å²) in [6.45, 7) is 2.23. The third-order valence-corrected chi connectivity index (χ3v) is 5.27. The van der Waals surface area contributed by atoms with Crippen LogP contribution in [0, 0.1) is 5.82 Å². The molecule has 0 bridgehead atoms. The smallest absolute Gasteiger partial charge is 0.371 e. The van der Waals surface area contributed by atoms with Gasteiger partial charge < -0.3 is 10.1 Å². The van der Waals surface area contributed by atoms with Gasteiger partial charge in [-0.3, -0.25) is 9.69 Å². The van der Waals surface area contributed by atoms with Crippen LogP contribution in [0.1, 0.15) is 38.7 Å². The number of halogens is 4. The van der Waals surface area contributed by atoms with E-state index in [1.165, 1.54) is 0 Å². The molecule has 1 fully saturated rings. The molecule has 2 aromatic rings. The Morgan fingerprint density at radius 2 is 2.00 bits per heavy atom. The van der Waals surface area contributed by atoms with Crippen molar-refractivity contribution in [2.75, 3.05) is 26.2 Å². The minimum absolute atomic E-state index is 0.0874. The quantitative estimate of drug-likeness (QED) is 0.788. The first-order valence-electron chi connectivity index (χ1n) is 9.41. The molecular formula is C21H20F4N2O2. The van der Waals surface area contributed by atoms with E-state index in [1.54, 1.807) is 6.07 Å². The van der Waals surface area contributed by atoms with Gasteiger partial charge in [0.25, 0.3) is 5.91 Å². The molecule has 2 aliphatic heterocycles. The van der Waals surface area contributed by atoms with E-state index in [4.69, 9.17) is 4.74 Å². The van der Waals surface area contributed by atoms with Crippen LogP contribution in [0.15, 0.2) is 36.4 Å². The summed E-state index contributed by atoms with van der Waals surface area (Å²) >= 11 is 0. The number of nitrogens with one attached hydrogen (secondary N) is 1. The Labute approximate surface area is 165 Å². The van der Waals surface area contributed by atoms with Gasteiger partial charge >= 0.3 is 6.18 Å². The number of ether oxygens (including phenoxy) is 1. The third kappa shape index (κ3) is 4.43. The summed E-state index contributed by atoms with van der Waals surface area (Å²) < 4.78 is 58.4. The summed E-state index contributed by atoms with van der Waals surface area (Å²) in [6, 6.07) is 8.23. The van der Waals surface area contributed by atoms with E-state index in [0.717, 1.165) is 29.7 Å². The van der Waals surface area contributed by atoms with Crippen LogP contribution in [0.3, 0.4) is 0 Å². The molecule has 4 nitrogen and oxygen atoms in total. The molecule has 2 aliphatic rings. The Morgan fingerprint density at radius 3 is 2.79 bits per heavy atom. The van der Waals surface area contributed by atoms with Crippen LogP contribution >= 0.6 is 0 Å². The lowest BCUT2D eigenvalue weighted by Gasteiger charge is -2.33. The summed E-state index contributed by atoms with van der Waals surface area (Å²) in [7, 11) is 0. The van der Waals surface area contributed by atoms with Crippen molar-refractivity contribution in [1.29, 1.82) is 0 Å². The molecule has 29 heavy (non-hydrogen) atoms. The zero-order valence-corrected chi connectivity index (χ0v) is 15.6. The largest absolute Gasteiger partial charge is 0.416 e. The minimum atomic E-state index is -4.58. The normalized spacial score (nSPS) is 20.3. The summed E-state index contributed by atoms with van der Waals surface area (Å²) in [5.41, 5.74) is 1.85. The number of benzene rings is 2. The van der Waals surface area contributed by atoms with Crippen molar-refractivity contribution < 1.29 is 27.1 Å². The van der Waals surface area contributed by atoms with Crippen LogP contribution in [-0.4, -0.2) is 37.0 Å². The van der Waals surface area contributed by atoms with E-state index in [1.807, 2.05) is 17.0 Å². The minimum Gasteiger partial charge on any atom is -0.371 e. The van der Waals surface area contributed by atoms with Gasteiger partial charge in [0.1, 0.15) is 5.82 Å². The van der Waals surface area contributed by atoms with Crippen molar-refractivity contribution in [1.82, 2.24) is 10.2 Å². The number of amides is 1. The van der Waals surface area contributed by atoms with Gasteiger partial charge in [0, 0.05) is 31.7 Å². The number of nitrogens with zero attached hydrogens (tertiary/aromatic N) is 1. The van der Waals surface area contributed by atoms with E-state index >= 15 is 0 Å². The summed E-state index contributed by atoms with van der Waals surface area (Å²) in [5.74, 6) is -0.983. The van der Waals surface area contributed by atoms with Gasteiger partial charge in [-0.1, -0.05) is 12.1 Å². The highest BCUT2D eigenvalue weighted by Crippen LogP contribution is 2.31. The van der Waals surface area contributed by atoms with Crippen molar-refractivity contribution in [3.63, 3.8) is 0 Å². The van der Waals surface area contributed by atoms with Gasteiger partial charge in [-0.05, 0) is 47.4 Å². The lowest BCUT2D eigenvalue weighted by Crippen LogP contribution is -2.38. The first-order chi connectivity index (χ1) is 13.8. The third-order valence-electron chi connectivity index (χ3n) is 5.27. The molecule has 2 heterocycles. The van der Waals surface area contributed by atoms with Gasteiger partial charge in [-0.2, -0.15) is 13.2 Å². The zero-order valence-electron chi connectivity index (χ0n) is 15.6. The number of fused-ring (bicyclic) bond motifs is 1. The topological polar surface area (TPSA) is 41.6 Å². The van der Waals surface area contributed by atoms with E-state index in [2.05, 4.69) is 5.32 Å². The van der Waals surface area contributed by atoms with Crippen molar-refractivity contribution in [3.05, 3.63) is 70.0 Å². The Balaban J connectivity index is 1.49. The van der Waals surface area contributed by atoms with Gasteiger partial charge in [0.05, 0.1) is 18.3 Å². The second kappa shape index (κ2) is 7.76. The molecule has 0 unspecified atom stereocenters. The van der Waals surface area contributed by atoms with E-state index in [9.17, 15) is 22.4 Å². The summed E-state index contributed by atoms with van der Waals surface area (Å²) in [4.78, 5) is 13.8. The maximum atomic E-state index is 13.7. The Kier molecular flexibility index (Phi) is 5.31. The van der Waals surface area contributed by atoms with Crippen molar-refractivity contribution >= 4 is 5.91 Å². The first-order valence-corrected chi connectivity index (χ1v) is 9.41. The van der Waals surface area contributed by atoms with E-state index in [-0.39, 0.29) is 24.1 Å². The highest BCUT2D eigenvalue weighted by molar-refractivity contribution is 5.96. The molecule has 1 amide bonds.